The van der Waals surface area contributed by atoms with Crippen LogP contribution in [0, 0.1) is 0 Å². The third-order valence-corrected chi connectivity index (χ3v) is 5.72. The zero-order chi connectivity index (χ0) is 18.6. The first-order chi connectivity index (χ1) is 11.7. The first-order valence-corrected chi connectivity index (χ1v) is 10.0. The molecule has 1 atom stereocenters. The van der Waals surface area contributed by atoms with Crippen molar-refractivity contribution in [2.75, 3.05) is 23.9 Å². The quantitative estimate of drug-likeness (QED) is 0.767. The number of sulfone groups is 1. The zero-order valence-electron chi connectivity index (χ0n) is 14.7. The van der Waals surface area contributed by atoms with Gasteiger partial charge in [0.2, 0.25) is 11.8 Å². The SMILES string of the molecule is CC(C)Oc1ccc(NC(=O)CC(=O)N(C)C2CCS(=O)(=O)C2)cc1. The Morgan fingerprint density at radius 1 is 1.28 bits per heavy atom. The third kappa shape index (κ3) is 5.74. The van der Waals surface area contributed by atoms with E-state index in [-0.39, 0.29) is 36.0 Å². The lowest BCUT2D eigenvalue weighted by Gasteiger charge is -2.23. The average molecular weight is 368 g/mol. The number of hydrogen-bond donors (Lipinski definition) is 1. The van der Waals surface area contributed by atoms with Crippen LogP contribution in [0.2, 0.25) is 0 Å². The second-order valence-corrected chi connectivity index (χ2v) is 8.71. The molecule has 1 saturated heterocycles. The fourth-order valence-corrected chi connectivity index (χ4v) is 4.42. The van der Waals surface area contributed by atoms with E-state index in [4.69, 9.17) is 4.74 Å². The maximum absolute atomic E-state index is 12.2. The maximum atomic E-state index is 12.2. The first kappa shape index (κ1) is 19.2. The maximum Gasteiger partial charge on any atom is 0.233 e. The van der Waals surface area contributed by atoms with Crippen molar-refractivity contribution in [2.45, 2.75) is 38.8 Å². The van der Waals surface area contributed by atoms with Crippen molar-refractivity contribution >= 4 is 27.3 Å². The molecule has 0 bridgehead atoms. The minimum absolute atomic E-state index is 0.0336. The molecule has 1 aliphatic heterocycles. The summed E-state index contributed by atoms with van der Waals surface area (Å²) in [6.45, 7) is 3.85. The van der Waals surface area contributed by atoms with Crippen LogP contribution in [0.3, 0.4) is 0 Å². The van der Waals surface area contributed by atoms with Crippen molar-refractivity contribution in [1.82, 2.24) is 4.90 Å². The molecule has 138 valence electrons. The van der Waals surface area contributed by atoms with Gasteiger partial charge in [-0.05, 0) is 44.5 Å². The first-order valence-electron chi connectivity index (χ1n) is 8.19. The number of amides is 2. The Labute approximate surface area is 148 Å². The minimum Gasteiger partial charge on any atom is -0.491 e. The van der Waals surface area contributed by atoms with Crippen LogP contribution < -0.4 is 10.1 Å². The van der Waals surface area contributed by atoms with Gasteiger partial charge in [-0.2, -0.15) is 0 Å². The summed E-state index contributed by atoms with van der Waals surface area (Å²) in [6, 6.07) is 6.54. The molecule has 8 heteroatoms. The summed E-state index contributed by atoms with van der Waals surface area (Å²) in [6.07, 6.45) is 0.161. The number of nitrogens with one attached hydrogen (secondary N) is 1. The van der Waals surface area contributed by atoms with Gasteiger partial charge in [0.05, 0.1) is 17.6 Å². The van der Waals surface area contributed by atoms with Crippen molar-refractivity contribution in [2.24, 2.45) is 0 Å². The number of carbonyl (C=O) groups is 2. The van der Waals surface area contributed by atoms with Crippen LogP contribution in [-0.4, -0.2) is 55.8 Å². The van der Waals surface area contributed by atoms with Crippen LogP contribution in [0.4, 0.5) is 5.69 Å². The highest BCUT2D eigenvalue weighted by molar-refractivity contribution is 7.91. The fraction of sp³-hybridized carbons (Fsp3) is 0.529. The van der Waals surface area contributed by atoms with Crippen molar-refractivity contribution in [3.05, 3.63) is 24.3 Å². The number of rotatable bonds is 6. The molecule has 1 aromatic carbocycles. The number of carbonyl (C=O) groups excluding carboxylic acids is 2. The lowest BCUT2D eigenvalue weighted by atomic mass is 10.2. The van der Waals surface area contributed by atoms with E-state index in [0.29, 0.717) is 17.9 Å². The molecule has 1 fully saturated rings. The standard InChI is InChI=1S/C17H24N2O5S/c1-12(2)24-15-6-4-13(5-7-15)18-16(20)10-17(21)19(3)14-8-9-25(22,23)11-14/h4-7,12,14H,8-11H2,1-3H3,(H,18,20). The van der Waals surface area contributed by atoms with Crippen molar-refractivity contribution < 1.29 is 22.7 Å². The molecule has 0 saturated carbocycles. The Balaban J connectivity index is 1.86. The summed E-state index contributed by atoms with van der Waals surface area (Å²) in [4.78, 5) is 25.6. The Kier molecular flexibility index (Phi) is 6.05. The van der Waals surface area contributed by atoms with E-state index >= 15 is 0 Å². The summed E-state index contributed by atoms with van der Waals surface area (Å²) in [5.74, 6) is -0.0682. The lowest BCUT2D eigenvalue weighted by molar-refractivity contribution is -0.134. The van der Waals surface area contributed by atoms with Gasteiger partial charge in [0.1, 0.15) is 12.2 Å². The van der Waals surface area contributed by atoms with Crippen LogP contribution in [0.25, 0.3) is 0 Å². The topological polar surface area (TPSA) is 92.8 Å². The summed E-state index contributed by atoms with van der Waals surface area (Å²) in [7, 11) is -1.53. The number of ether oxygens (including phenoxy) is 1. The normalized spacial score (nSPS) is 18.8. The Morgan fingerprint density at radius 3 is 2.44 bits per heavy atom. The molecule has 25 heavy (non-hydrogen) atoms. The van der Waals surface area contributed by atoms with Crippen LogP contribution in [0.1, 0.15) is 26.7 Å². The Hall–Kier alpha value is -2.09. The second-order valence-electron chi connectivity index (χ2n) is 6.48. The molecule has 1 heterocycles. The smallest absolute Gasteiger partial charge is 0.233 e. The number of nitrogens with zero attached hydrogens (tertiary/aromatic N) is 1. The van der Waals surface area contributed by atoms with Crippen LogP contribution >= 0.6 is 0 Å². The van der Waals surface area contributed by atoms with Crippen molar-refractivity contribution in [3.8, 4) is 5.75 Å². The molecule has 0 aromatic heterocycles. The summed E-state index contributed by atoms with van der Waals surface area (Å²) < 4.78 is 28.5. The van der Waals surface area contributed by atoms with E-state index in [1.165, 1.54) is 4.90 Å². The molecule has 0 radical (unpaired) electrons. The van der Waals surface area contributed by atoms with E-state index in [1.54, 1.807) is 31.3 Å². The van der Waals surface area contributed by atoms with E-state index in [0.717, 1.165) is 0 Å². The molecule has 1 unspecified atom stereocenters. The van der Waals surface area contributed by atoms with Gasteiger partial charge in [0.15, 0.2) is 9.84 Å². The molecule has 1 N–H and O–H groups in total. The van der Waals surface area contributed by atoms with Gasteiger partial charge in [0, 0.05) is 18.8 Å². The van der Waals surface area contributed by atoms with Crippen LogP contribution in [0.5, 0.6) is 5.75 Å². The predicted molar refractivity (Wildman–Crippen MR) is 95.3 cm³/mol. The fourth-order valence-electron chi connectivity index (χ4n) is 2.64. The number of hydrogen-bond acceptors (Lipinski definition) is 5. The molecule has 1 aromatic rings. The Morgan fingerprint density at radius 2 is 1.92 bits per heavy atom. The van der Waals surface area contributed by atoms with Crippen LogP contribution in [0.15, 0.2) is 24.3 Å². The minimum atomic E-state index is -3.07. The highest BCUT2D eigenvalue weighted by Gasteiger charge is 2.33. The van der Waals surface area contributed by atoms with Gasteiger partial charge < -0.3 is 15.0 Å². The predicted octanol–water partition coefficient (Wildman–Crippen LogP) is 1.45. The highest BCUT2D eigenvalue weighted by Crippen LogP contribution is 2.19. The number of anilines is 1. The van der Waals surface area contributed by atoms with Gasteiger partial charge >= 0.3 is 0 Å². The molecular weight excluding hydrogens is 344 g/mol. The monoisotopic (exact) mass is 368 g/mol. The zero-order valence-corrected chi connectivity index (χ0v) is 15.5. The number of benzene rings is 1. The molecular formula is C17H24N2O5S. The largest absolute Gasteiger partial charge is 0.491 e. The molecule has 7 nitrogen and oxygen atoms in total. The van der Waals surface area contributed by atoms with Gasteiger partial charge in [0.25, 0.3) is 0 Å². The van der Waals surface area contributed by atoms with E-state index in [2.05, 4.69) is 5.32 Å². The summed E-state index contributed by atoms with van der Waals surface area (Å²) >= 11 is 0. The average Bonchev–Trinajstić information content (AvgIpc) is 2.88. The summed E-state index contributed by atoms with van der Waals surface area (Å²) in [5, 5.41) is 2.65. The van der Waals surface area contributed by atoms with E-state index < -0.39 is 15.7 Å². The van der Waals surface area contributed by atoms with Gasteiger partial charge in [-0.25, -0.2) is 8.42 Å². The lowest BCUT2D eigenvalue weighted by Crippen LogP contribution is -2.39. The van der Waals surface area contributed by atoms with Gasteiger partial charge in [-0.1, -0.05) is 0 Å². The Bertz CT molecular complexity index is 728. The van der Waals surface area contributed by atoms with Crippen molar-refractivity contribution in [1.29, 1.82) is 0 Å². The molecule has 2 rings (SSSR count). The molecule has 0 spiro atoms. The third-order valence-electron chi connectivity index (χ3n) is 3.97. The summed E-state index contributed by atoms with van der Waals surface area (Å²) in [5.41, 5.74) is 0.569. The molecule has 0 aliphatic carbocycles. The molecule has 2 amide bonds. The van der Waals surface area contributed by atoms with Gasteiger partial charge in [-0.15, -0.1) is 0 Å². The van der Waals surface area contributed by atoms with E-state index in [1.807, 2.05) is 13.8 Å². The second kappa shape index (κ2) is 7.86. The molecule has 1 aliphatic rings. The van der Waals surface area contributed by atoms with E-state index in [9.17, 15) is 18.0 Å². The van der Waals surface area contributed by atoms with Crippen LogP contribution in [-0.2, 0) is 19.4 Å². The van der Waals surface area contributed by atoms with Gasteiger partial charge in [-0.3, -0.25) is 9.59 Å². The van der Waals surface area contributed by atoms with Crippen molar-refractivity contribution in [3.63, 3.8) is 0 Å². The highest BCUT2D eigenvalue weighted by atomic mass is 32.2.